The quantitative estimate of drug-likeness (QED) is 0.926. The molecule has 0 spiro atoms. The molecule has 4 atom stereocenters. The van der Waals surface area contributed by atoms with Crippen LogP contribution in [-0.2, 0) is 4.79 Å². The standard InChI is InChI=1S/C15H22N2OS2/c1-3-10-15(18)17(11-6-4-7-12(11)19-2)14(16-10)13-8-5-9-20-13/h5,8-12,14,16H,3-4,6-7H2,1-2H3. The lowest BCUT2D eigenvalue weighted by Crippen LogP contribution is -2.43. The first-order valence-corrected chi connectivity index (χ1v) is 9.57. The van der Waals surface area contributed by atoms with E-state index in [1.807, 2.05) is 11.8 Å². The van der Waals surface area contributed by atoms with Crippen LogP contribution in [0.15, 0.2) is 17.5 Å². The Morgan fingerprint density at radius 3 is 3.00 bits per heavy atom. The Morgan fingerprint density at radius 2 is 2.35 bits per heavy atom. The normalized spacial score (nSPS) is 34.1. The maximum atomic E-state index is 12.7. The molecule has 0 aromatic carbocycles. The highest BCUT2D eigenvalue weighted by atomic mass is 32.2. The number of hydrogen-bond donors (Lipinski definition) is 1. The molecule has 2 aliphatic rings. The van der Waals surface area contributed by atoms with Crippen molar-refractivity contribution >= 4 is 29.0 Å². The molecule has 1 aliphatic carbocycles. The van der Waals surface area contributed by atoms with Crippen LogP contribution >= 0.6 is 23.1 Å². The smallest absolute Gasteiger partial charge is 0.241 e. The van der Waals surface area contributed by atoms with E-state index in [-0.39, 0.29) is 12.2 Å². The number of rotatable bonds is 4. The molecule has 1 aromatic heterocycles. The Morgan fingerprint density at radius 1 is 1.50 bits per heavy atom. The maximum Gasteiger partial charge on any atom is 0.241 e. The van der Waals surface area contributed by atoms with E-state index in [2.05, 4.69) is 40.9 Å². The second-order valence-corrected chi connectivity index (χ2v) is 7.62. The number of thiophene rings is 1. The van der Waals surface area contributed by atoms with Gasteiger partial charge in [-0.15, -0.1) is 11.3 Å². The third kappa shape index (κ3) is 2.40. The lowest BCUT2D eigenvalue weighted by Gasteiger charge is -2.33. The van der Waals surface area contributed by atoms with Gasteiger partial charge in [-0.05, 0) is 37.0 Å². The SMILES string of the molecule is CCC1NC(c2cccs2)N(C2CCCC2SC)C1=O. The number of nitrogens with zero attached hydrogens (tertiary/aromatic N) is 1. The van der Waals surface area contributed by atoms with Gasteiger partial charge in [0.25, 0.3) is 0 Å². The van der Waals surface area contributed by atoms with Gasteiger partial charge >= 0.3 is 0 Å². The second kappa shape index (κ2) is 6.08. The average Bonchev–Trinajstić information content (AvgIpc) is 3.17. The molecule has 1 aliphatic heterocycles. The Kier molecular flexibility index (Phi) is 4.38. The molecule has 4 unspecified atom stereocenters. The van der Waals surface area contributed by atoms with Gasteiger partial charge < -0.3 is 4.90 Å². The van der Waals surface area contributed by atoms with Crippen LogP contribution in [-0.4, -0.2) is 34.4 Å². The molecule has 1 amide bonds. The molecule has 3 nitrogen and oxygen atoms in total. The van der Waals surface area contributed by atoms with Crippen LogP contribution in [0.2, 0.25) is 0 Å². The number of amides is 1. The van der Waals surface area contributed by atoms with Gasteiger partial charge in [0.1, 0.15) is 6.17 Å². The molecule has 3 rings (SSSR count). The molecule has 1 saturated heterocycles. The topological polar surface area (TPSA) is 32.3 Å². The summed E-state index contributed by atoms with van der Waals surface area (Å²) in [5.74, 6) is 0.303. The third-order valence-corrected chi connectivity index (χ3v) is 6.57. The van der Waals surface area contributed by atoms with Crippen molar-refractivity contribution in [2.24, 2.45) is 0 Å². The number of carbonyl (C=O) groups excluding carboxylic acids is 1. The average molecular weight is 310 g/mol. The van der Waals surface area contributed by atoms with Gasteiger partial charge in [-0.2, -0.15) is 11.8 Å². The van der Waals surface area contributed by atoms with Gasteiger partial charge in [0.05, 0.1) is 6.04 Å². The van der Waals surface area contributed by atoms with Crippen LogP contribution in [0.25, 0.3) is 0 Å². The van der Waals surface area contributed by atoms with Crippen molar-refractivity contribution in [1.82, 2.24) is 10.2 Å². The lowest BCUT2D eigenvalue weighted by molar-refractivity contribution is -0.132. The van der Waals surface area contributed by atoms with Gasteiger partial charge in [0, 0.05) is 16.2 Å². The molecule has 2 fully saturated rings. The van der Waals surface area contributed by atoms with Crippen molar-refractivity contribution in [1.29, 1.82) is 0 Å². The van der Waals surface area contributed by atoms with Crippen LogP contribution in [0.4, 0.5) is 0 Å². The molecule has 0 radical (unpaired) electrons. The minimum atomic E-state index is -0.00907. The van der Waals surface area contributed by atoms with Gasteiger partial charge in [0.2, 0.25) is 5.91 Å². The van der Waals surface area contributed by atoms with E-state index in [0.29, 0.717) is 17.2 Å². The summed E-state index contributed by atoms with van der Waals surface area (Å²) in [6, 6.07) is 4.60. The third-order valence-electron chi connectivity index (χ3n) is 4.49. The number of thioether (sulfide) groups is 1. The fourth-order valence-electron chi connectivity index (χ4n) is 3.46. The highest BCUT2D eigenvalue weighted by Crippen LogP contribution is 2.39. The summed E-state index contributed by atoms with van der Waals surface area (Å²) in [4.78, 5) is 16.2. The highest BCUT2D eigenvalue weighted by molar-refractivity contribution is 7.99. The first kappa shape index (κ1) is 14.4. The second-order valence-electron chi connectivity index (χ2n) is 5.56. The minimum Gasteiger partial charge on any atom is -0.317 e. The fraction of sp³-hybridized carbons (Fsp3) is 0.667. The molecule has 0 bridgehead atoms. The molecule has 5 heteroatoms. The van der Waals surface area contributed by atoms with E-state index in [0.717, 1.165) is 12.8 Å². The lowest BCUT2D eigenvalue weighted by atomic mass is 10.1. The summed E-state index contributed by atoms with van der Waals surface area (Å²) in [7, 11) is 0. The zero-order chi connectivity index (χ0) is 14.1. The van der Waals surface area contributed by atoms with E-state index in [9.17, 15) is 4.79 Å². The van der Waals surface area contributed by atoms with Crippen LogP contribution in [0, 0.1) is 0 Å². The molecular formula is C15H22N2OS2. The predicted octanol–water partition coefficient (Wildman–Crippen LogP) is 3.24. The van der Waals surface area contributed by atoms with Crippen molar-refractivity contribution in [3.63, 3.8) is 0 Å². The van der Waals surface area contributed by atoms with Crippen molar-refractivity contribution in [3.8, 4) is 0 Å². The van der Waals surface area contributed by atoms with Crippen LogP contribution < -0.4 is 5.32 Å². The summed E-state index contributed by atoms with van der Waals surface area (Å²) in [5, 5.41) is 6.23. The molecule has 1 N–H and O–H groups in total. The first-order valence-electron chi connectivity index (χ1n) is 7.40. The summed E-state index contributed by atoms with van der Waals surface area (Å²) in [5.41, 5.74) is 0. The summed E-state index contributed by atoms with van der Waals surface area (Å²) >= 11 is 3.66. The molecule has 1 saturated carbocycles. The Bertz CT molecular complexity index is 462. The largest absolute Gasteiger partial charge is 0.317 e. The number of hydrogen-bond acceptors (Lipinski definition) is 4. The zero-order valence-corrected chi connectivity index (χ0v) is 13.7. The van der Waals surface area contributed by atoms with E-state index in [1.165, 1.54) is 17.7 Å². The molecule has 1 aromatic rings. The number of carbonyl (C=O) groups is 1. The zero-order valence-electron chi connectivity index (χ0n) is 12.0. The maximum absolute atomic E-state index is 12.7. The van der Waals surface area contributed by atoms with E-state index >= 15 is 0 Å². The summed E-state index contributed by atoms with van der Waals surface area (Å²) < 4.78 is 0. The van der Waals surface area contributed by atoms with Gasteiger partial charge in [-0.25, -0.2) is 0 Å². The van der Waals surface area contributed by atoms with Gasteiger partial charge in [-0.3, -0.25) is 10.1 Å². The van der Waals surface area contributed by atoms with Crippen molar-refractivity contribution in [2.75, 3.05) is 6.26 Å². The monoisotopic (exact) mass is 310 g/mol. The Balaban J connectivity index is 1.89. The van der Waals surface area contributed by atoms with Crippen LogP contribution in [0.5, 0.6) is 0 Å². The van der Waals surface area contributed by atoms with E-state index in [1.54, 1.807) is 11.3 Å². The number of nitrogens with one attached hydrogen (secondary N) is 1. The van der Waals surface area contributed by atoms with E-state index < -0.39 is 0 Å². The predicted molar refractivity (Wildman–Crippen MR) is 86.1 cm³/mol. The minimum absolute atomic E-state index is 0.00907. The highest BCUT2D eigenvalue weighted by Gasteiger charge is 2.46. The molecule has 2 heterocycles. The van der Waals surface area contributed by atoms with E-state index in [4.69, 9.17) is 0 Å². The van der Waals surface area contributed by atoms with Gasteiger partial charge in [0.15, 0.2) is 0 Å². The Hall–Kier alpha value is -0.520. The fourth-order valence-corrected chi connectivity index (χ4v) is 5.23. The Labute approximate surface area is 129 Å². The van der Waals surface area contributed by atoms with Crippen molar-refractivity contribution in [2.45, 2.75) is 56.1 Å². The van der Waals surface area contributed by atoms with Gasteiger partial charge in [-0.1, -0.05) is 19.4 Å². The molecular weight excluding hydrogens is 288 g/mol. The van der Waals surface area contributed by atoms with Crippen LogP contribution in [0.3, 0.4) is 0 Å². The molecule has 20 heavy (non-hydrogen) atoms. The summed E-state index contributed by atoms with van der Waals surface area (Å²) in [6.45, 7) is 2.09. The molecule has 110 valence electrons. The van der Waals surface area contributed by atoms with Crippen LogP contribution in [0.1, 0.15) is 43.6 Å². The van der Waals surface area contributed by atoms with Crippen molar-refractivity contribution in [3.05, 3.63) is 22.4 Å². The summed E-state index contributed by atoms with van der Waals surface area (Å²) in [6.07, 6.45) is 6.77. The first-order chi connectivity index (χ1) is 9.76. The van der Waals surface area contributed by atoms with Crippen molar-refractivity contribution < 1.29 is 4.79 Å².